The first-order chi connectivity index (χ1) is 14.7. The second-order valence-corrected chi connectivity index (χ2v) is 9.18. The van der Waals surface area contributed by atoms with E-state index in [2.05, 4.69) is 10.1 Å². The summed E-state index contributed by atoms with van der Waals surface area (Å²) in [5.74, 6) is -0.157. The van der Waals surface area contributed by atoms with Crippen molar-refractivity contribution >= 4 is 33.3 Å². The predicted octanol–water partition coefficient (Wildman–Crippen LogP) is 4.44. The lowest BCUT2D eigenvalue weighted by molar-refractivity contribution is -0.192. The number of carbonyl (C=O) groups excluding carboxylic acids is 1. The first-order valence-corrected chi connectivity index (χ1v) is 10.3. The Morgan fingerprint density at radius 1 is 1.22 bits per heavy atom. The Balaban J connectivity index is 1.63. The number of nitrogens with zero attached hydrogens (tertiary/aromatic N) is 3. The van der Waals surface area contributed by atoms with Crippen molar-refractivity contribution in [1.29, 1.82) is 0 Å². The zero-order valence-corrected chi connectivity index (χ0v) is 18.6. The van der Waals surface area contributed by atoms with Crippen molar-refractivity contribution in [2.24, 2.45) is 5.41 Å². The lowest BCUT2D eigenvalue weighted by Gasteiger charge is -2.37. The minimum Gasteiger partial charge on any atom is -0.477 e. The van der Waals surface area contributed by atoms with Gasteiger partial charge in [0.25, 0.3) is 0 Å². The van der Waals surface area contributed by atoms with Gasteiger partial charge in [0.05, 0.1) is 33.3 Å². The number of esters is 1. The molecule has 0 N–H and O–H groups in total. The minimum absolute atomic E-state index is 0.0624. The van der Waals surface area contributed by atoms with Crippen LogP contribution >= 0.6 is 11.6 Å². The summed E-state index contributed by atoms with van der Waals surface area (Å²) in [6, 6.07) is 4.49. The van der Waals surface area contributed by atoms with Crippen LogP contribution in [0.25, 0.3) is 5.82 Å². The zero-order valence-electron chi connectivity index (χ0n) is 17.9. The third-order valence-corrected chi connectivity index (χ3v) is 5.49. The Bertz CT molecular complexity index is 1000. The molecule has 0 atom stereocenters. The van der Waals surface area contributed by atoms with E-state index in [4.69, 9.17) is 36.8 Å². The van der Waals surface area contributed by atoms with Crippen molar-refractivity contribution < 1.29 is 27.4 Å². The topological polar surface area (TPSA) is 66.2 Å². The third kappa shape index (κ3) is 5.08. The van der Waals surface area contributed by atoms with Crippen molar-refractivity contribution in [2.45, 2.75) is 57.0 Å². The first-order valence-electron chi connectivity index (χ1n) is 9.88. The average Bonchev–Trinajstić information content (AvgIpc) is 3.35. The van der Waals surface area contributed by atoms with E-state index in [-0.39, 0.29) is 42.5 Å². The number of carbonyl (C=O) groups is 1. The molecule has 0 saturated heterocycles. The second-order valence-electron chi connectivity index (χ2n) is 8.83. The van der Waals surface area contributed by atoms with Gasteiger partial charge in [0.15, 0.2) is 5.82 Å². The zero-order chi connectivity index (χ0) is 23.9. The molecule has 168 valence electrons. The molecule has 1 aliphatic rings. The molecule has 0 amide bonds. The maximum Gasteiger partial charge on any atom is 0.393 e. The fraction of sp³-hybridized carbons (Fsp3) is 0.550. The minimum atomic E-state index is -4.46. The van der Waals surface area contributed by atoms with Crippen molar-refractivity contribution in [2.75, 3.05) is 6.61 Å². The van der Waals surface area contributed by atoms with Crippen LogP contribution in [0.1, 0.15) is 50.4 Å². The van der Waals surface area contributed by atoms with E-state index in [1.165, 1.54) is 29.1 Å². The van der Waals surface area contributed by atoms with Crippen molar-refractivity contribution in [1.82, 2.24) is 14.8 Å². The highest BCUT2D eigenvalue weighted by Crippen LogP contribution is 2.69. The van der Waals surface area contributed by atoms with E-state index >= 15 is 0 Å². The highest BCUT2D eigenvalue weighted by molar-refractivity contribution is 6.40. The van der Waals surface area contributed by atoms with E-state index in [1.807, 2.05) is 0 Å². The summed E-state index contributed by atoms with van der Waals surface area (Å²) in [6.45, 7) is 5.06. The van der Waals surface area contributed by atoms with Gasteiger partial charge in [-0.05, 0) is 52.2 Å². The first kappa shape index (κ1) is 24.5. The molecule has 2 aromatic rings. The van der Waals surface area contributed by atoms with Crippen LogP contribution in [0.15, 0.2) is 24.4 Å². The van der Waals surface area contributed by atoms with Crippen LogP contribution < -0.4 is 4.74 Å². The molecule has 2 aromatic heterocycles. The molecule has 3 rings (SSSR count). The molecule has 1 saturated carbocycles. The molecule has 0 aliphatic heterocycles. The number of rotatable bonds is 7. The molecule has 0 spiro atoms. The summed E-state index contributed by atoms with van der Waals surface area (Å²) in [6.07, 6.45) is -3.33. The van der Waals surface area contributed by atoms with Crippen molar-refractivity contribution in [3.8, 4) is 11.7 Å². The SMILES string of the molecule is [B]C([B])(CCOc1ccn(-c2ccc(C(=O)OC(C)(C)C)c(Cl)n2)n1)C1(C(F)(F)F)CC1. The van der Waals surface area contributed by atoms with E-state index in [9.17, 15) is 18.0 Å². The van der Waals surface area contributed by atoms with Crippen molar-refractivity contribution in [3.05, 3.63) is 35.1 Å². The van der Waals surface area contributed by atoms with Gasteiger partial charge in [-0.15, -0.1) is 5.10 Å². The number of alkyl halides is 3. The van der Waals surface area contributed by atoms with Gasteiger partial charge in [-0.1, -0.05) is 16.8 Å². The van der Waals surface area contributed by atoms with Gasteiger partial charge in [0.1, 0.15) is 10.8 Å². The van der Waals surface area contributed by atoms with Crippen LogP contribution in [-0.2, 0) is 4.74 Å². The largest absolute Gasteiger partial charge is 0.477 e. The van der Waals surface area contributed by atoms with Crippen LogP contribution in [0.2, 0.25) is 10.4 Å². The van der Waals surface area contributed by atoms with E-state index in [0.717, 1.165) is 0 Å². The molecule has 2 heterocycles. The second kappa shape index (κ2) is 8.32. The molecular weight excluding hydrogens is 444 g/mol. The summed E-state index contributed by atoms with van der Waals surface area (Å²) >= 11 is 6.13. The lowest BCUT2D eigenvalue weighted by Crippen LogP contribution is -2.39. The Morgan fingerprint density at radius 3 is 2.41 bits per heavy atom. The van der Waals surface area contributed by atoms with Crippen LogP contribution in [0.5, 0.6) is 5.88 Å². The fourth-order valence-electron chi connectivity index (χ4n) is 3.25. The monoisotopic (exact) mass is 465 g/mol. The molecule has 1 fully saturated rings. The van der Waals surface area contributed by atoms with Gasteiger partial charge in [0, 0.05) is 12.3 Å². The third-order valence-electron chi connectivity index (χ3n) is 5.20. The van der Waals surface area contributed by atoms with E-state index in [1.54, 1.807) is 20.8 Å². The standard InChI is InChI=1S/C20H21B2ClF3N3O3/c1-17(2,3)32-16(30)12-4-5-13(27-15(12)23)29-10-6-14(28-29)31-11-9-19(21,22)18(7-8-18)20(24,25)26/h4-6,10H,7-9,11H2,1-3H3. The highest BCUT2D eigenvalue weighted by atomic mass is 35.5. The van der Waals surface area contributed by atoms with Crippen LogP contribution in [0.3, 0.4) is 0 Å². The summed E-state index contributed by atoms with van der Waals surface area (Å²) < 4.78 is 51.8. The number of hydrogen-bond acceptors (Lipinski definition) is 5. The van der Waals surface area contributed by atoms with Gasteiger partial charge >= 0.3 is 12.1 Å². The molecule has 6 nitrogen and oxygen atoms in total. The molecule has 0 unspecified atom stereocenters. The lowest BCUT2D eigenvalue weighted by atomic mass is 9.45. The quantitative estimate of drug-likeness (QED) is 0.344. The number of ether oxygens (including phenoxy) is 2. The van der Waals surface area contributed by atoms with Crippen molar-refractivity contribution in [3.63, 3.8) is 0 Å². The van der Waals surface area contributed by atoms with E-state index < -0.39 is 28.4 Å². The average molecular weight is 465 g/mol. The number of hydrogen-bond donors (Lipinski definition) is 0. The number of aromatic nitrogens is 3. The van der Waals surface area contributed by atoms with Crippen LogP contribution in [-0.4, -0.2) is 54.8 Å². The Morgan fingerprint density at radius 2 is 1.88 bits per heavy atom. The Hall–Kier alpha value is -2.16. The summed E-state index contributed by atoms with van der Waals surface area (Å²) in [7, 11) is 11.6. The number of halogens is 4. The van der Waals surface area contributed by atoms with Gasteiger partial charge in [-0.3, -0.25) is 0 Å². The Labute approximate surface area is 191 Å². The molecular formula is C20H21B2ClF3N3O3. The molecule has 1 aliphatic carbocycles. The maximum absolute atomic E-state index is 13.3. The predicted molar refractivity (Wildman–Crippen MR) is 114 cm³/mol. The van der Waals surface area contributed by atoms with E-state index in [0.29, 0.717) is 5.82 Å². The molecule has 0 aromatic carbocycles. The normalized spacial score (nSPS) is 16.0. The van der Waals surface area contributed by atoms with Gasteiger partial charge < -0.3 is 9.47 Å². The van der Waals surface area contributed by atoms with Gasteiger partial charge in [0.2, 0.25) is 5.88 Å². The molecule has 12 heteroatoms. The molecule has 0 bridgehead atoms. The smallest absolute Gasteiger partial charge is 0.393 e. The van der Waals surface area contributed by atoms with Crippen LogP contribution in [0.4, 0.5) is 13.2 Å². The fourth-order valence-corrected chi connectivity index (χ4v) is 3.48. The molecule has 32 heavy (non-hydrogen) atoms. The van der Waals surface area contributed by atoms with Gasteiger partial charge in [-0.2, -0.15) is 13.2 Å². The summed E-state index contributed by atoms with van der Waals surface area (Å²) in [5, 5.41) is 2.16. The van der Waals surface area contributed by atoms with Gasteiger partial charge in [-0.25, -0.2) is 14.5 Å². The molecule has 4 radical (unpaired) electrons. The summed E-state index contributed by atoms with van der Waals surface area (Å²) in [5.41, 5.74) is -2.65. The number of pyridine rings is 1. The summed E-state index contributed by atoms with van der Waals surface area (Å²) in [4.78, 5) is 16.3. The maximum atomic E-state index is 13.3. The Kier molecular flexibility index (Phi) is 6.36. The van der Waals surface area contributed by atoms with Crippen LogP contribution in [0, 0.1) is 5.41 Å². The highest BCUT2D eigenvalue weighted by Gasteiger charge is 2.68.